The van der Waals surface area contributed by atoms with E-state index < -0.39 is 10.0 Å². The molecule has 1 aromatic rings. The second kappa shape index (κ2) is 6.45. The highest BCUT2D eigenvalue weighted by Crippen LogP contribution is 2.35. The van der Waals surface area contributed by atoms with E-state index in [0.717, 1.165) is 30.4 Å². The van der Waals surface area contributed by atoms with Crippen LogP contribution >= 0.6 is 38.9 Å². The van der Waals surface area contributed by atoms with Crippen LogP contribution in [-0.4, -0.2) is 50.3 Å². The fourth-order valence-electron chi connectivity index (χ4n) is 2.60. The van der Waals surface area contributed by atoms with Crippen molar-refractivity contribution >= 4 is 48.9 Å². The molecule has 0 spiro atoms. The Bertz CT molecular complexity index is 608. The molecule has 1 saturated heterocycles. The smallest absolute Gasteiger partial charge is 0.245 e. The van der Waals surface area contributed by atoms with Crippen molar-refractivity contribution in [1.29, 1.82) is 0 Å². The molecule has 0 bridgehead atoms. The van der Waals surface area contributed by atoms with Gasteiger partial charge < -0.3 is 4.90 Å². The normalized spacial score (nSPS) is 21.8. The zero-order valence-corrected chi connectivity index (χ0v) is 15.6. The molecule has 2 fully saturated rings. The second-order valence-electron chi connectivity index (χ2n) is 5.63. The number of thiophene rings is 1. The molecule has 0 radical (unpaired) electrons. The Morgan fingerprint density at radius 2 is 1.95 bits per heavy atom. The van der Waals surface area contributed by atoms with Gasteiger partial charge in [0.15, 0.2) is 0 Å². The molecule has 3 rings (SSSR count). The van der Waals surface area contributed by atoms with Crippen LogP contribution in [0.15, 0.2) is 14.7 Å². The van der Waals surface area contributed by atoms with Gasteiger partial charge in [-0.1, -0.05) is 0 Å². The van der Waals surface area contributed by atoms with Gasteiger partial charge in [0, 0.05) is 37.6 Å². The van der Waals surface area contributed by atoms with Gasteiger partial charge in [-0.05, 0) is 40.8 Å². The molecule has 1 aliphatic heterocycles. The molecular formula is C13H18BrClN2O2S2. The van der Waals surface area contributed by atoms with Crippen molar-refractivity contribution in [1.82, 2.24) is 9.21 Å². The number of rotatable bonds is 5. The van der Waals surface area contributed by atoms with E-state index in [0.29, 0.717) is 27.7 Å². The summed E-state index contributed by atoms with van der Waals surface area (Å²) in [5.74, 6) is 1.19. The topological polar surface area (TPSA) is 40.6 Å². The lowest BCUT2D eigenvalue weighted by Gasteiger charge is -2.33. The first-order valence-corrected chi connectivity index (χ1v) is 10.7. The molecule has 0 unspecified atom stereocenters. The number of hydrogen-bond donors (Lipinski definition) is 0. The Labute approximate surface area is 143 Å². The third kappa shape index (κ3) is 3.64. The molecule has 8 heteroatoms. The predicted molar refractivity (Wildman–Crippen MR) is 89.5 cm³/mol. The molecule has 0 aromatic carbocycles. The van der Waals surface area contributed by atoms with Gasteiger partial charge >= 0.3 is 0 Å². The van der Waals surface area contributed by atoms with Crippen LogP contribution in [0, 0.1) is 5.92 Å². The Hall–Kier alpha value is 0.340. The van der Waals surface area contributed by atoms with Crippen LogP contribution in [0.2, 0.25) is 0 Å². The van der Waals surface area contributed by atoms with Crippen LogP contribution in [0.1, 0.15) is 17.7 Å². The first kappa shape index (κ1) is 16.2. The zero-order valence-electron chi connectivity index (χ0n) is 11.6. The largest absolute Gasteiger partial charge is 0.300 e. The highest BCUT2D eigenvalue weighted by Gasteiger charge is 2.32. The predicted octanol–water partition coefficient (Wildman–Crippen LogP) is 2.97. The van der Waals surface area contributed by atoms with E-state index in [2.05, 4.69) is 20.8 Å². The molecule has 0 amide bonds. The lowest BCUT2D eigenvalue weighted by atomic mass is 10.3. The number of piperazine rings is 1. The number of hydrogen-bond acceptors (Lipinski definition) is 4. The minimum Gasteiger partial charge on any atom is -0.300 e. The highest BCUT2D eigenvalue weighted by molar-refractivity contribution is 9.11. The van der Waals surface area contributed by atoms with Crippen molar-refractivity contribution < 1.29 is 8.42 Å². The monoisotopic (exact) mass is 412 g/mol. The highest BCUT2D eigenvalue weighted by atomic mass is 79.9. The van der Waals surface area contributed by atoms with Crippen LogP contribution in [0.5, 0.6) is 0 Å². The molecule has 0 atom stereocenters. The van der Waals surface area contributed by atoms with Gasteiger partial charge in [-0.25, -0.2) is 8.42 Å². The lowest BCUT2D eigenvalue weighted by molar-refractivity contribution is 0.182. The molecular weight excluding hydrogens is 396 g/mol. The van der Waals surface area contributed by atoms with Gasteiger partial charge in [-0.3, -0.25) is 0 Å². The second-order valence-corrected chi connectivity index (χ2v) is 10.3. The van der Waals surface area contributed by atoms with Crippen molar-refractivity contribution in [3.05, 3.63) is 14.7 Å². The molecule has 21 heavy (non-hydrogen) atoms. The molecule has 118 valence electrons. The number of sulfonamides is 1. The van der Waals surface area contributed by atoms with E-state index in [-0.39, 0.29) is 0 Å². The van der Waals surface area contributed by atoms with Gasteiger partial charge in [0.1, 0.15) is 4.90 Å². The SMILES string of the molecule is O=S(=O)(c1cc(CCl)sc1Br)N1CCN(CC2CC2)CC1. The minimum absolute atomic E-state index is 0.341. The van der Waals surface area contributed by atoms with Gasteiger partial charge in [0.2, 0.25) is 10.0 Å². The van der Waals surface area contributed by atoms with Crippen LogP contribution in [0.3, 0.4) is 0 Å². The van der Waals surface area contributed by atoms with Gasteiger partial charge in [0.25, 0.3) is 0 Å². The summed E-state index contributed by atoms with van der Waals surface area (Å²) in [5.41, 5.74) is 0. The fraction of sp³-hybridized carbons (Fsp3) is 0.692. The number of halogens is 2. The van der Waals surface area contributed by atoms with Crippen molar-refractivity contribution in [3.8, 4) is 0 Å². The first-order valence-electron chi connectivity index (χ1n) is 7.07. The Kier molecular flexibility index (Phi) is 4.98. The van der Waals surface area contributed by atoms with Gasteiger partial charge in [-0.15, -0.1) is 22.9 Å². The van der Waals surface area contributed by atoms with Gasteiger partial charge in [0.05, 0.1) is 9.67 Å². The van der Waals surface area contributed by atoms with Crippen molar-refractivity contribution in [2.45, 2.75) is 23.6 Å². The molecule has 1 aliphatic carbocycles. The summed E-state index contributed by atoms with van der Waals surface area (Å²) in [4.78, 5) is 3.62. The molecule has 1 saturated carbocycles. The first-order chi connectivity index (χ1) is 10.0. The molecule has 0 N–H and O–H groups in total. The average Bonchev–Trinajstić information content (AvgIpc) is 3.19. The number of alkyl halides is 1. The third-order valence-electron chi connectivity index (χ3n) is 4.00. The summed E-state index contributed by atoms with van der Waals surface area (Å²) in [6.45, 7) is 3.95. The zero-order chi connectivity index (χ0) is 15.0. The van der Waals surface area contributed by atoms with E-state index in [1.807, 2.05) is 0 Å². The van der Waals surface area contributed by atoms with Crippen LogP contribution < -0.4 is 0 Å². The van der Waals surface area contributed by atoms with E-state index in [4.69, 9.17) is 11.6 Å². The fourth-order valence-corrected chi connectivity index (χ4v) is 6.74. The summed E-state index contributed by atoms with van der Waals surface area (Å²) < 4.78 is 27.7. The Morgan fingerprint density at radius 3 is 2.48 bits per heavy atom. The lowest BCUT2D eigenvalue weighted by Crippen LogP contribution is -2.49. The van der Waals surface area contributed by atoms with Crippen molar-refractivity contribution in [2.75, 3.05) is 32.7 Å². The van der Waals surface area contributed by atoms with Crippen LogP contribution in [0.4, 0.5) is 0 Å². The van der Waals surface area contributed by atoms with Gasteiger partial charge in [-0.2, -0.15) is 4.31 Å². The number of nitrogens with zero attached hydrogens (tertiary/aromatic N) is 2. The summed E-state index contributed by atoms with van der Waals surface area (Å²) in [6, 6.07) is 1.69. The Morgan fingerprint density at radius 1 is 1.29 bits per heavy atom. The maximum absolute atomic E-state index is 12.7. The van der Waals surface area contributed by atoms with E-state index >= 15 is 0 Å². The summed E-state index contributed by atoms with van der Waals surface area (Å²) in [6.07, 6.45) is 2.67. The molecule has 1 aromatic heterocycles. The summed E-state index contributed by atoms with van der Waals surface area (Å²) >= 11 is 10.5. The summed E-state index contributed by atoms with van der Waals surface area (Å²) in [5, 5.41) is 0. The third-order valence-corrected chi connectivity index (χ3v) is 8.60. The van der Waals surface area contributed by atoms with Crippen LogP contribution in [0.25, 0.3) is 0 Å². The average molecular weight is 414 g/mol. The van der Waals surface area contributed by atoms with Crippen molar-refractivity contribution in [2.24, 2.45) is 5.92 Å². The summed E-state index contributed by atoms with van der Waals surface area (Å²) in [7, 11) is -3.41. The Balaban J connectivity index is 1.68. The molecule has 2 heterocycles. The quantitative estimate of drug-likeness (QED) is 0.697. The molecule has 4 nitrogen and oxygen atoms in total. The van der Waals surface area contributed by atoms with E-state index in [9.17, 15) is 8.42 Å². The van der Waals surface area contributed by atoms with Crippen molar-refractivity contribution in [3.63, 3.8) is 0 Å². The minimum atomic E-state index is -3.41. The van der Waals surface area contributed by atoms with E-state index in [1.165, 1.54) is 24.2 Å². The van der Waals surface area contributed by atoms with Crippen LogP contribution in [-0.2, 0) is 15.9 Å². The maximum Gasteiger partial charge on any atom is 0.245 e. The standard InChI is InChI=1S/C13H18BrClN2O2S2/c14-13-12(7-11(8-15)20-13)21(18,19)17-5-3-16(4-6-17)9-10-1-2-10/h7,10H,1-6,8-9H2. The maximum atomic E-state index is 12.7. The van der Waals surface area contributed by atoms with E-state index in [1.54, 1.807) is 10.4 Å². The molecule has 2 aliphatic rings.